The van der Waals surface area contributed by atoms with Crippen molar-refractivity contribution in [1.82, 2.24) is 9.78 Å². The highest BCUT2D eigenvalue weighted by molar-refractivity contribution is 6.42. The van der Waals surface area contributed by atoms with Crippen molar-refractivity contribution in [2.75, 3.05) is 0 Å². The molecular weight excluding hydrogens is 269 g/mol. The molecule has 1 aromatic heterocycles. The van der Waals surface area contributed by atoms with E-state index in [0.29, 0.717) is 16.6 Å². The minimum atomic E-state index is -0.155. The number of benzene rings is 1. The molecule has 0 aliphatic carbocycles. The van der Waals surface area contributed by atoms with Crippen LogP contribution in [-0.2, 0) is 6.54 Å². The van der Waals surface area contributed by atoms with Crippen LogP contribution in [0.2, 0.25) is 10.0 Å². The van der Waals surface area contributed by atoms with E-state index < -0.39 is 0 Å². The molecule has 18 heavy (non-hydrogen) atoms. The zero-order valence-corrected chi connectivity index (χ0v) is 11.8. The Morgan fingerprint density at radius 1 is 1.22 bits per heavy atom. The largest absolute Gasteiger partial charge is 0.322 e. The summed E-state index contributed by atoms with van der Waals surface area (Å²) in [6, 6.07) is 7.34. The Hall–Kier alpha value is -1.03. The van der Waals surface area contributed by atoms with Gasteiger partial charge < -0.3 is 5.73 Å². The Labute approximate surface area is 117 Å². The number of aryl methyl sites for hydroxylation is 2. The van der Waals surface area contributed by atoms with Crippen LogP contribution in [0.4, 0.5) is 0 Å². The van der Waals surface area contributed by atoms with Gasteiger partial charge in [-0.1, -0.05) is 29.3 Å². The van der Waals surface area contributed by atoms with Gasteiger partial charge in [-0.25, -0.2) is 0 Å². The third-order valence-corrected chi connectivity index (χ3v) is 3.58. The van der Waals surface area contributed by atoms with Crippen LogP contribution in [0.15, 0.2) is 24.3 Å². The van der Waals surface area contributed by atoms with E-state index in [4.69, 9.17) is 28.9 Å². The van der Waals surface area contributed by atoms with E-state index in [9.17, 15) is 0 Å². The lowest BCUT2D eigenvalue weighted by molar-refractivity contribution is 0.515. The van der Waals surface area contributed by atoms with Gasteiger partial charge >= 0.3 is 0 Å². The van der Waals surface area contributed by atoms with Crippen molar-refractivity contribution in [2.45, 2.75) is 26.4 Å². The molecular formula is C13H15Cl2N3. The maximum absolute atomic E-state index is 6.16. The minimum absolute atomic E-state index is 0.155. The number of hydrogen-bond acceptors (Lipinski definition) is 2. The summed E-state index contributed by atoms with van der Waals surface area (Å²) in [5, 5.41) is 5.46. The number of aromatic nitrogens is 2. The zero-order valence-electron chi connectivity index (χ0n) is 10.3. The predicted octanol–water partition coefficient (Wildman–Crippen LogP) is 3.51. The van der Waals surface area contributed by atoms with E-state index in [1.165, 1.54) is 0 Å². The number of halogens is 2. The summed E-state index contributed by atoms with van der Waals surface area (Å²) in [6.45, 7) is 4.60. The van der Waals surface area contributed by atoms with Gasteiger partial charge in [0.2, 0.25) is 0 Å². The molecule has 0 aliphatic rings. The molecule has 0 saturated heterocycles. The van der Waals surface area contributed by atoms with E-state index in [-0.39, 0.29) is 6.04 Å². The van der Waals surface area contributed by atoms with Crippen molar-refractivity contribution in [3.63, 3.8) is 0 Å². The lowest BCUT2D eigenvalue weighted by Crippen LogP contribution is -2.19. The van der Waals surface area contributed by atoms with Crippen LogP contribution in [0, 0.1) is 13.8 Å². The summed E-state index contributed by atoms with van der Waals surface area (Å²) < 4.78 is 1.91. The summed E-state index contributed by atoms with van der Waals surface area (Å²) >= 11 is 11.9. The van der Waals surface area contributed by atoms with Crippen LogP contribution in [0.3, 0.4) is 0 Å². The van der Waals surface area contributed by atoms with Crippen molar-refractivity contribution < 1.29 is 0 Å². The lowest BCUT2D eigenvalue weighted by Gasteiger charge is -2.14. The van der Waals surface area contributed by atoms with Crippen molar-refractivity contribution in [3.05, 3.63) is 51.3 Å². The van der Waals surface area contributed by atoms with Gasteiger partial charge in [0.25, 0.3) is 0 Å². The van der Waals surface area contributed by atoms with E-state index in [1.807, 2.05) is 30.7 Å². The average molecular weight is 284 g/mol. The quantitative estimate of drug-likeness (QED) is 0.937. The number of hydrogen-bond donors (Lipinski definition) is 1. The molecule has 96 valence electrons. The molecule has 1 heterocycles. The first kappa shape index (κ1) is 13.4. The zero-order chi connectivity index (χ0) is 13.3. The Morgan fingerprint density at radius 2 is 1.94 bits per heavy atom. The molecule has 2 rings (SSSR count). The van der Waals surface area contributed by atoms with E-state index in [2.05, 4.69) is 5.10 Å². The summed E-state index contributed by atoms with van der Waals surface area (Å²) in [5.41, 5.74) is 9.21. The normalized spacial score (nSPS) is 12.7. The van der Waals surface area contributed by atoms with Gasteiger partial charge in [0.15, 0.2) is 0 Å². The summed E-state index contributed by atoms with van der Waals surface area (Å²) in [6.07, 6.45) is 0. The van der Waals surface area contributed by atoms with Crippen LogP contribution in [-0.4, -0.2) is 9.78 Å². The summed E-state index contributed by atoms with van der Waals surface area (Å²) in [5.74, 6) is 0. The predicted molar refractivity (Wildman–Crippen MR) is 75.1 cm³/mol. The minimum Gasteiger partial charge on any atom is -0.322 e. The molecule has 1 aromatic carbocycles. The second-order valence-electron chi connectivity index (χ2n) is 4.39. The van der Waals surface area contributed by atoms with E-state index >= 15 is 0 Å². The smallest absolute Gasteiger partial charge is 0.0605 e. The molecule has 5 heteroatoms. The fourth-order valence-electron chi connectivity index (χ4n) is 1.89. The highest BCUT2D eigenvalue weighted by Crippen LogP contribution is 2.25. The second-order valence-corrected chi connectivity index (χ2v) is 5.20. The van der Waals surface area contributed by atoms with Gasteiger partial charge in [0.05, 0.1) is 22.3 Å². The van der Waals surface area contributed by atoms with Gasteiger partial charge in [-0.2, -0.15) is 5.10 Å². The van der Waals surface area contributed by atoms with Gasteiger partial charge in [-0.3, -0.25) is 4.68 Å². The van der Waals surface area contributed by atoms with Crippen LogP contribution in [0.1, 0.15) is 23.0 Å². The summed E-state index contributed by atoms with van der Waals surface area (Å²) in [4.78, 5) is 0. The molecule has 3 nitrogen and oxygen atoms in total. The molecule has 0 spiro atoms. The van der Waals surface area contributed by atoms with E-state index in [1.54, 1.807) is 12.1 Å². The van der Waals surface area contributed by atoms with Crippen molar-refractivity contribution >= 4 is 23.2 Å². The molecule has 1 unspecified atom stereocenters. The highest BCUT2D eigenvalue weighted by Gasteiger charge is 2.11. The Bertz CT molecular complexity index is 563. The fraction of sp³-hybridized carbons (Fsp3) is 0.308. The lowest BCUT2D eigenvalue weighted by atomic mass is 10.1. The van der Waals surface area contributed by atoms with Crippen molar-refractivity contribution in [2.24, 2.45) is 5.73 Å². The molecule has 0 bridgehead atoms. The molecule has 0 radical (unpaired) electrons. The Kier molecular flexibility index (Phi) is 3.95. The topological polar surface area (TPSA) is 43.8 Å². The molecule has 2 aromatic rings. The van der Waals surface area contributed by atoms with Crippen molar-refractivity contribution in [3.8, 4) is 0 Å². The van der Waals surface area contributed by atoms with Gasteiger partial charge in [0.1, 0.15) is 0 Å². The van der Waals surface area contributed by atoms with E-state index in [0.717, 1.165) is 17.0 Å². The monoisotopic (exact) mass is 283 g/mol. The molecule has 1 atom stereocenters. The molecule has 0 amide bonds. The molecule has 0 aliphatic heterocycles. The maximum atomic E-state index is 6.16. The van der Waals surface area contributed by atoms with Gasteiger partial charge in [-0.05, 0) is 37.6 Å². The molecule has 0 fully saturated rings. The highest BCUT2D eigenvalue weighted by atomic mass is 35.5. The maximum Gasteiger partial charge on any atom is 0.0605 e. The van der Waals surface area contributed by atoms with Gasteiger partial charge in [-0.15, -0.1) is 0 Å². The third kappa shape index (κ3) is 2.86. The van der Waals surface area contributed by atoms with Crippen molar-refractivity contribution in [1.29, 1.82) is 0 Å². The van der Waals surface area contributed by atoms with Crippen LogP contribution < -0.4 is 5.73 Å². The first-order valence-corrected chi connectivity index (χ1v) is 6.44. The van der Waals surface area contributed by atoms with Crippen LogP contribution in [0.5, 0.6) is 0 Å². The Balaban J connectivity index is 2.19. The summed E-state index contributed by atoms with van der Waals surface area (Å²) in [7, 11) is 0. The van der Waals surface area contributed by atoms with Crippen LogP contribution >= 0.6 is 23.2 Å². The van der Waals surface area contributed by atoms with Gasteiger partial charge in [0, 0.05) is 11.7 Å². The number of rotatable bonds is 3. The standard InChI is InChI=1S/C13H15Cl2N3/c1-8-5-9(2)18(17-8)7-13(16)10-3-4-11(14)12(15)6-10/h3-6,13H,7,16H2,1-2H3. The fourth-order valence-corrected chi connectivity index (χ4v) is 2.20. The Morgan fingerprint density at radius 3 is 2.50 bits per heavy atom. The van der Waals surface area contributed by atoms with Crippen LogP contribution in [0.25, 0.3) is 0 Å². The third-order valence-electron chi connectivity index (χ3n) is 2.84. The molecule has 0 saturated carbocycles. The average Bonchev–Trinajstić information content (AvgIpc) is 2.61. The SMILES string of the molecule is Cc1cc(C)n(CC(N)c2ccc(Cl)c(Cl)c2)n1. The second kappa shape index (κ2) is 5.31. The number of nitrogens with zero attached hydrogens (tertiary/aromatic N) is 2. The molecule has 2 N–H and O–H groups in total. The first-order chi connectivity index (χ1) is 8.47. The number of nitrogens with two attached hydrogens (primary N) is 1. The first-order valence-electron chi connectivity index (χ1n) is 5.69.